The Morgan fingerprint density at radius 3 is 2.80 bits per heavy atom. The largest absolute Gasteiger partial charge is 0.347 e. The van der Waals surface area contributed by atoms with Gasteiger partial charge in [0.1, 0.15) is 5.69 Å². The number of hydrogen-bond acceptors (Lipinski definition) is 2. The van der Waals surface area contributed by atoms with E-state index in [2.05, 4.69) is 5.32 Å². The van der Waals surface area contributed by atoms with E-state index in [1.807, 2.05) is 0 Å². The summed E-state index contributed by atoms with van der Waals surface area (Å²) in [7, 11) is 1.66. The fourth-order valence-electron chi connectivity index (χ4n) is 1.07. The average molecular weight is 217 g/mol. The van der Waals surface area contributed by atoms with Gasteiger partial charge in [0.25, 0.3) is 11.8 Å². The average Bonchev–Trinajstić information content (AvgIpc) is 2.61. The summed E-state index contributed by atoms with van der Waals surface area (Å²) in [6, 6.07) is 3.21. The molecule has 84 valence electrons. The van der Waals surface area contributed by atoms with Gasteiger partial charge in [-0.3, -0.25) is 4.79 Å². The van der Waals surface area contributed by atoms with Crippen LogP contribution in [0.25, 0.3) is 0 Å². The van der Waals surface area contributed by atoms with Gasteiger partial charge in [-0.05, 0) is 12.1 Å². The fraction of sp³-hybridized carbons (Fsp3) is 0.444. The van der Waals surface area contributed by atoms with Gasteiger partial charge < -0.3 is 15.6 Å². The molecule has 0 aromatic carbocycles. The lowest BCUT2D eigenvalue weighted by Crippen LogP contribution is -2.41. The Hall–Kier alpha value is -1.43. The standard InChI is InChI=1S/C9H13F2N3O/c1-14-4-2-3-7(14)8(15)13-6-9(10,11)5-12/h2-4H,5-6,12H2,1H3,(H,13,15). The van der Waals surface area contributed by atoms with E-state index in [0.29, 0.717) is 5.69 Å². The molecule has 0 radical (unpaired) electrons. The SMILES string of the molecule is Cn1cccc1C(=O)NCC(F)(F)CN. The smallest absolute Gasteiger partial charge is 0.277 e. The van der Waals surface area contributed by atoms with Crippen molar-refractivity contribution in [1.82, 2.24) is 9.88 Å². The second-order valence-corrected chi connectivity index (χ2v) is 3.25. The third kappa shape index (κ3) is 3.02. The molecule has 0 spiro atoms. The maximum absolute atomic E-state index is 12.7. The molecule has 0 bridgehead atoms. The van der Waals surface area contributed by atoms with Gasteiger partial charge in [0.2, 0.25) is 0 Å². The zero-order valence-electron chi connectivity index (χ0n) is 8.34. The summed E-state index contributed by atoms with van der Waals surface area (Å²) in [5.74, 6) is -3.59. The van der Waals surface area contributed by atoms with E-state index < -0.39 is 24.9 Å². The summed E-state index contributed by atoms with van der Waals surface area (Å²) >= 11 is 0. The second-order valence-electron chi connectivity index (χ2n) is 3.25. The van der Waals surface area contributed by atoms with Crippen molar-refractivity contribution in [3.05, 3.63) is 24.0 Å². The van der Waals surface area contributed by atoms with Crippen molar-refractivity contribution in [2.24, 2.45) is 12.8 Å². The van der Waals surface area contributed by atoms with Crippen LogP contribution < -0.4 is 11.1 Å². The number of nitrogens with zero attached hydrogens (tertiary/aromatic N) is 1. The van der Waals surface area contributed by atoms with Gasteiger partial charge in [-0.1, -0.05) is 0 Å². The topological polar surface area (TPSA) is 60.0 Å². The normalized spacial score (nSPS) is 11.5. The maximum atomic E-state index is 12.7. The summed E-state index contributed by atoms with van der Waals surface area (Å²) < 4.78 is 27.0. The van der Waals surface area contributed by atoms with Gasteiger partial charge in [0, 0.05) is 13.2 Å². The first-order valence-corrected chi connectivity index (χ1v) is 4.44. The molecule has 0 saturated carbocycles. The van der Waals surface area contributed by atoms with Gasteiger partial charge in [0.05, 0.1) is 13.1 Å². The molecule has 0 aliphatic rings. The van der Waals surface area contributed by atoms with E-state index in [-0.39, 0.29) is 0 Å². The summed E-state index contributed by atoms with van der Waals surface area (Å²) in [6.07, 6.45) is 1.66. The first-order valence-electron chi connectivity index (χ1n) is 4.44. The molecule has 1 amide bonds. The number of nitrogens with one attached hydrogen (secondary N) is 1. The highest BCUT2D eigenvalue weighted by Gasteiger charge is 2.27. The van der Waals surface area contributed by atoms with Crippen LogP contribution in [0.3, 0.4) is 0 Å². The number of rotatable bonds is 4. The Bertz CT molecular complexity index is 349. The number of aromatic nitrogens is 1. The molecule has 1 aromatic rings. The van der Waals surface area contributed by atoms with E-state index >= 15 is 0 Å². The van der Waals surface area contributed by atoms with Crippen LogP contribution in [0, 0.1) is 0 Å². The molecular weight excluding hydrogens is 204 g/mol. The Labute approximate surface area is 86.1 Å². The van der Waals surface area contributed by atoms with E-state index in [9.17, 15) is 13.6 Å². The molecule has 0 aliphatic carbocycles. The van der Waals surface area contributed by atoms with Crippen molar-refractivity contribution in [2.75, 3.05) is 13.1 Å². The molecule has 15 heavy (non-hydrogen) atoms. The van der Waals surface area contributed by atoms with Gasteiger partial charge in [-0.25, -0.2) is 8.78 Å². The molecule has 6 heteroatoms. The van der Waals surface area contributed by atoms with Gasteiger partial charge >= 0.3 is 0 Å². The monoisotopic (exact) mass is 217 g/mol. The van der Waals surface area contributed by atoms with Gasteiger partial charge in [0.15, 0.2) is 0 Å². The van der Waals surface area contributed by atoms with Crippen LogP contribution in [-0.4, -0.2) is 29.5 Å². The molecule has 0 fully saturated rings. The highest BCUT2D eigenvalue weighted by Crippen LogP contribution is 2.09. The Kier molecular flexibility index (Phi) is 3.41. The number of carbonyl (C=O) groups is 1. The predicted molar refractivity (Wildman–Crippen MR) is 51.7 cm³/mol. The predicted octanol–water partition coefficient (Wildman–Crippen LogP) is 0.349. The lowest BCUT2D eigenvalue weighted by atomic mass is 10.3. The number of nitrogens with two attached hydrogens (primary N) is 1. The van der Waals surface area contributed by atoms with Crippen LogP contribution >= 0.6 is 0 Å². The maximum Gasteiger partial charge on any atom is 0.277 e. The molecule has 0 saturated heterocycles. The van der Waals surface area contributed by atoms with Gasteiger partial charge in [-0.15, -0.1) is 0 Å². The van der Waals surface area contributed by atoms with Crippen LogP contribution in [-0.2, 0) is 7.05 Å². The number of halogens is 2. The molecule has 3 N–H and O–H groups in total. The van der Waals surface area contributed by atoms with E-state index in [1.54, 1.807) is 29.9 Å². The molecular formula is C9H13F2N3O. The van der Waals surface area contributed by atoms with Gasteiger partial charge in [-0.2, -0.15) is 0 Å². The van der Waals surface area contributed by atoms with E-state index in [0.717, 1.165) is 0 Å². The molecule has 0 aliphatic heterocycles. The second kappa shape index (κ2) is 4.39. The molecule has 1 aromatic heterocycles. The summed E-state index contributed by atoms with van der Waals surface area (Å²) in [5.41, 5.74) is 5.17. The Balaban J connectivity index is 2.55. The first-order chi connectivity index (χ1) is 6.96. The van der Waals surface area contributed by atoms with Crippen LogP contribution in [0.4, 0.5) is 8.78 Å². The number of hydrogen-bond donors (Lipinski definition) is 2. The fourth-order valence-corrected chi connectivity index (χ4v) is 1.07. The van der Waals surface area contributed by atoms with Crippen molar-refractivity contribution >= 4 is 5.91 Å². The number of carbonyl (C=O) groups excluding carboxylic acids is 1. The van der Waals surface area contributed by atoms with Crippen molar-refractivity contribution < 1.29 is 13.6 Å². The van der Waals surface area contributed by atoms with E-state index in [4.69, 9.17) is 5.73 Å². The molecule has 1 heterocycles. The Morgan fingerprint density at radius 2 is 2.33 bits per heavy atom. The van der Waals surface area contributed by atoms with E-state index in [1.165, 1.54) is 0 Å². The molecule has 0 unspecified atom stereocenters. The van der Waals surface area contributed by atoms with Crippen LogP contribution in [0.1, 0.15) is 10.5 Å². The summed E-state index contributed by atoms with van der Waals surface area (Å²) in [6.45, 7) is -1.52. The van der Waals surface area contributed by atoms with Crippen molar-refractivity contribution in [1.29, 1.82) is 0 Å². The van der Waals surface area contributed by atoms with Crippen LogP contribution in [0.15, 0.2) is 18.3 Å². The van der Waals surface area contributed by atoms with Crippen molar-refractivity contribution in [3.63, 3.8) is 0 Å². The lowest BCUT2D eigenvalue weighted by molar-refractivity contribution is 0.0118. The van der Waals surface area contributed by atoms with Crippen LogP contribution in [0.5, 0.6) is 0 Å². The first kappa shape index (κ1) is 11.6. The highest BCUT2D eigenvalue weighted by atomic mass is 19.3. The Morgan fingerprint density at radius 1 is 1.67 bits per heavy atom. The highest BCUT2D eigenvalue weighted by molar-refractivity contribution is 5.92. The minimum atomic E-state index is -3.05. The number of aryl methyl sites for hydroxylation is 1. The lowest BCUT2D eigenvalue weighted by Gasteiger charge is -2.14. The minimum absolute atomic E-state index is 0.336. The molecule has 4 nitrogen and oxygen atoms in total. The zero-order valence-corrected chi connectivity index (χ0v) is 8.34. The van der Waals surface area contributed by atoms with Crippen LogP contribution in [0.2, 0.25) is 0 Å². The quantitative estimate of drug-likeness (QED) is 0.764. The van der Waals surface area contributed by atoms with Crippen molar-refractivity contribution in [3.8, 4) is 0 Å². The third-order valence-corrected chi connectivity index (χ3v) is 1.98. The number of alkyl halides is 2. The zero-order chi connectivity index (χ0) is 11.5. The minimum Gasteiger partial charge on any atom is -0.347 e. The molecule has 1 rings (SSSR count). The summed E-state index contributed by atoms with van der Waals surface area (Å²) in [4.78, 5) is 11.4. The molecule has 0 atom stereocenters. The number of amides is 1. The third-order valence-electron chi connectivity index (χ3n) is 1.98. The summed E-state index contributed by atoms with van der Waals surface area (Å²) in [5, 5.41) is 2.13. The van der Waals surface area contributed by atoms with Crippen molar-refractivity contribution in [2.45, 2.75) is 5.92 Å².